The zero-order valence-electron chi connectivity index (χ0n) is 7.10. The highest BCUT2D eigenvalue weighted by Gasteiger charge is 2.62. The molecule has 3 heteroatoms. The van der Waals surface area contributed by atoms with Crippen LogP contribution in [0.15, 0.2) is 12.2 Å². The smallest absolute Gasteiger partial charge is 0.317 e. The maximum Gasteiger partial charge on any atom is 0.317 e. The molecule has 4 atom stereocenters. The molecular weight excluding hydrogens is 168 g/mol. The maximum absolute atomic E-state index is 11.2. The van der Waals surface area contributed by atoms with Crippen LogP contribution in [0.25, 0.3) is 0 Å². The summed E-state index contributed by atoms with van der Waals surface area (Å²) in [7, 11) is 0. The molecule has 1 aliphatic heterocycles. The number of esters is 2. The summed E-state index contributed by atoms with van der Waals surface area (Å²) in [5, 5.41) is 0. The minimum Gasteiger partial charge on any atom is -0.393 e. The number of hydrogen-bond donors (Lipinski definition) is 0. The van der Waals surface area contributed by atoms with E-state index in [1.54, 1.807) is 0 Å². The third-order valence-corrected chi connectivity index (χ3v) is 3.59. The molecule has 2 aliphatic carbocycles. The molecule has 0 aromatic carbocycles. The zero-order chi connectivity index (χ0) is 9.00. The van der Waals surface area contributed by atoms with Gasteiger partial charge in [0.25, 0.3) is 0 Å². The van der Waals surface area contributed by atoms with Crippen molar-refractivity contribution in [3.05, 3.63) is 12.2 Å². The quantitative estimate of drug-likeness (QED) is 0.314. The van der Waals surface area contributed by atoms with E-state index in [1.165, 1.54) is 0 Å². The number of carbonyl (C=O) groups is 2. The van der Waals surface area contributed by atoms with Gasteiger partial charge in [-0.25, -0.2) is 0 Å². The Morgan fingerprint density at radius 2 is 1.46 bits per heavy atom. The Hall–Kier alpha value is -1.12. The molecule has 2 fully saturated rings. The van der Waals surface area contributed by atoms with Crippen LogP contribution < -0.4 is 0 Å². The lowest BCUT2D eigenvalue weighted by atomic mass is 9.54. The van der Waals surface area contributed by atoms with Gasteiger partial charge in [0.05, 0.1) is 11.8 Å². The van der Waals surface area contributed by atoms with E-state index >= 15 is 0 Å². The maximum atomic E-state index is 11.2. The first-order chi connectivity index (χ1) is 6.29. The summed E-state index contributed by atoms with van der Waals surface area (Å²) in [4.78, 5) is 22.5. The van der Waals surface area contributed by atoms with Crippen LogP contribution in [0.4, 0.5) is 0 Å². The average molecular weight is 178 g/mol. The normalized spacial score (nSPS) is 46.5. The standard InChI is InChI=1S/C10H10O3/c11-9-7-5-3-1-2-4-6(5)8(7)10(12)13-9/h1-2,5-8H,3-4H2/t5-,6?,7?,8+/m1/s1. The third kappa shape index (κ3) is 0.747. The van der Waals surface area contributed by atoms with E-state index in [0.717, 1.165) is 12.8 Å². The second kappa shape index (κ2) is 2.22. The lowest BCUT2D eigenvalue weighted by Crippen LogP contribution is -2.49. The Morgan fingerprint density at radius 3 is 1.92 bits per heavy atom. The summed E-state index contributed by atoms with van der Waals surface area (Å²) in [6, 6.07) is 0. The third-order valence-electron chi connectivity index (χ3n) is 3.59. The average Bonchev–Trinajstić information content (AvgIpc) is 2.30. The van der Waals surface area contributed by atoms with Gasteiger partial charge in [-0.1, -0.05) is 12.2 Å². The van der Waals surface area contributed by atoms with Gasteiger partial charge in [0.15, 0.2) is 0 Å². The highest BCUT2D eigenvalue weighted by Crippen LogP contribution is 2.55. The molecule has 1 saturated heterocycles. The summed E-state index contributed by atoms with van der Waals surface area (Å²) in [5.41, 5.74) is 0. The van der Waals surface area contributed by atoms with Crippen LogP contribution in [0.1, 0.15) is 12.8 Å². The lowest BCUT2D eigenvalue weighted by Gasteiger charge is -2.45. The van der Waals surface area contributed by atoms with Crippen LogP contribution in [0.3, 0.4) is 0 Å². The number of allylic oxidation sites excluding steroid dienone is 2. The zero-order valence-corrected chi connectivity index (χ0v) is 7.10. The SMILES string of the molecule is O=C1OC(=O)[C@H]2C3CC=CC[C@H]3C12. The highest BCUT2D eigenvalue weighted by molar-refractivity contribution is 5.98. The van der Waals surface area contributed by atoms with Crippen LogP contribution in [0.5, 0.6) is 0 Å². The predicted molar refractivity (Wildman–Crippen MR) is 43.4 cm³/mol. The largest absolute Gasteiger partial charge is 0.393 e. The van der Waals surface area contributed by atoms with Gasteiger partial charge in [-0.05, 0) is 24.7 Å². The van der Waals surface area contributed by atoms with E-state index in [4.69, 9.17) is 0 Å². The molecule has 0 spiro atoms. The van der Waals surface area contributed by atoms with Gasteiger partial charge in [0.1, 0.15) is 0 Å². The van der Waals surface area contributed by atoms with Crippen molar-refractivity contribution in [1.29, 1.82) is 0 Å². The molecule has 1 heterocycles. The Bertz CT molecular complexity index is 288. The summed E-state index contributed by atoms with van der Waals surface area (Å²) in [5.74, 6) is -0.0223. The minimum absolute atomic E-state index is 0.109. The van der Waals surface area contributed by atoms with Crippen molar-refractivity contribution >= 4 is 11.9 Å². The summed E-state index contributed by atoms with van der Waals surface area (Å²) in [6.07, 6.45) is 6.09. The van der Waals surface area contributed by atoms with Gasteiger partial charge in [-0.2, -0.15) is 0 Å². The number of rotatable bonds is 0. The van der Waals surface area contributed by atoms with Gasteiger partial charge in [-0.3, -0.25) is 9.59 Å². The fraction of sp³-hybridized carbons (Fsp3) is 0.600. The van der Waals surface area contributed by atoms with Gasteiger partial charge in [-0.15, -0.1) is 0 Å². The predicted octanol–water partition coefficient (Wildman–Crippen LogP) is 0.898. The van der Waals surface area contributed by atoms with Crippen LogP contribution in [-0.4, -0.2) is 11.9 Å². The Kier molecular flexibility index (Phi) is 1.25. The van der Waals surface area contributed by atoms with Gasteiger partial charge < -0.3 is 4.74 Å². The number of ether oxygens (including phenoxy) is 1. The number of hydrogen-bond acceptors (Lipinski definition) is 3. The van der Waals surface area contributed by atoms with Crippen molar-refractivity contribution in [2.45, 2.75) is 12.8 Å². The van der Waals surface area contributed by atoms with Gasteiger partial charge >= 0.3 is 11.9 Å². The van der Waals surface area contributed by atoms with Crippen molar-refractivity contribution in [2.75, 3.05) is 0 Å². The number of fused-ring (bicyclic) bond motifs is 4. The summed E-state index contributed by atoms with van der Waals surface area (Å²) in [6.45, 7) is 0. The lowest BCUT2D eigenvalue weighted by molar-refractivity contribution is -0.153. The topological polar surface area (TPSA) is 43.4 Å². The molecular formula is C10H10O3. The molecule has 0 N–H and O–H groups in total. The first-order valence-corrected chi connectivity index (χ1v) is 4.69. The highest BCUT2D eigenvalue weighted by atomic mass is 16.6. The van der Waals surface area contributed by atoms with E-state index in [2.05, 4.69) is 16.9 Å². The van der Waals surface area contributed by atoms with E-state index < -0.39 is 0 Å². The number of carbonyl (C=O) groups excluding carboxylic acids is 2. The molecule has 68 valence electrons. The van der Waals surface area contributed by atoms with Crippen LogP contribution >= 0.6 is 0 Å². The molecule has 13 heavy (non-hydrogen) atoms. The van der Waals surface area contributed by atoms with E-state index in [-0.39, 0.29) is 23.8 Å². The van der Waals surface area contributed by atoms with Crippen LogP contribution in [-0.2, 0) is 14.3 Å². The summed E-state index contributed by atoms with van der Waals surface area (Å²) < 4.78 is 4.63. The molecule has 0 aromatic rings. The Balaban J connectivity index is 1.93. The van der Waals surface area contributed by atoms with Crippen molar-refractivity contribution in [1.82, 2.24) is 0 Å². The molecule has 2 unspecified atom stereocenters. The van der Waals surface area contributed by atoms with E-state index in [9.17, 15) is 9.59 Å². The van der Waals surface area contributed by atoms with Crippen molar-refractivity contribution in [3.63, 3.8) is 0 Å². The second-order valence-corrected chi connectivity index (χ2v) is 4.06. The molecule has 0 bridgehead atoms. The molecule has 3 nitrogen and oxygen atoms in total. The van der Waals surface area contributed by atoms with Crippen LogP contribution in [0.2, 0.25) is 0 Å². The molecule has 1 saturated carbocycles. The molecule has 3 aliphatic rings. The Labute approximate surface area is 75.8 Å². The van der Waals surface area contributed by atoms with Gasteiger partial charge in [0, 0.05) is 0 Å². The first-order valence-electron chi connectivity index (χ1n) is 4.69. The molecule has 0 amide bonds. The fourth-order valence-electron chi connectivity index (χ4n) is 2.95. The second-order valence-electron chi connectivity index (χ2n) is 4.06. The molecule has 0 aromatic heterocycles. The monoisotopic (exact) mass is 178 g/mol. The molecule has 0 radical (unpaired) electrons. The number of cyclic esters (lactones) is 2. The van der Waals surface area contributed by atoms with E-state index in [0.29, 0.717) is 11.8 Å². The van der Waals surface area contributed by atoms with E-state index in [1.807, 2.05) is 0 Å². The molecule has 3 rings (SSSR count). The van der Waals surface area contributed by atoms with Crippen molar-refractivity contribution < 1.29 is 14.3 Å². The Morgan fingerprint density at radius 1 is 1.00 bits per heavy atom. The van der Waals surface area contributed by atoms with Gasteiger partial charge in [0.2, 0.25) is 0 Å². The minimum atomic E-state index is -0.286. The van der Waals surface area contributed by atoms with Crippen molar-refractivity contribution in [3.8, 4) is 0 Å². The van der Waals surface area contributed by atoms with Crippen molar-refractivity contribution in [2.24, 2.45) is 23.7 Å². The fourth-order valence-corrected chi connectivity index (χ4v) is 2.95. The van der Waals surface area contributed by atoms with Crippen LogP contribution in [0, 0.1) is 23.7 Å². The summed E-state index contributed by atoms with van der Waals surface area (Å²) >= 11 is 0. The first kappa shape index (κ1) is 7.30.